The largest absolute Gasteiger partial charge is 0.494 e. The lowest BCUT2D eigenvalue weighted by Crippen LogP contribution is -2.59. The first-order chi connectivity index (χ1) is 14.9. The minimum atomic E-state index is -2.38. The van der Waals surface area contributed by atoms with Crippen LogP contribution in [-0.4, -0.2) is 13.8 Å². The standard InChI is InChI=1S/C21H12BF9O/c1-7-15(9(23)4-11(25)18(7)28)22(16-8(2)19(29)12(26)5-10(16)24)17-20(30)13(27)6-14(32-3)21(17)31/h4-6H,1-3H3. The maximum atomic E-state index is 15.1. The van der Waals surface area contributed by atoms with Gasteiger partial charge in [0.05, 0.1) is 7.11 Å². The van der Waals surface area contributed by atoms with Gasteiger partial charge in [0.2, 0.25) is 0 Å². The van der Waals surface area contributed by atoms with Gasteiger partial charge in [-0.2, -0.15) is 0 Å². The quantitative estimate of drug-likeness (QED) is 0.323. The third-order valence-electron chi connectivity index (χ3n) is 5.15. The number of hydrogen-bond donors (Lipinski definition) is 0. The van der Waals surface area contributed by atoms with E-state index in [9.17, 15) is 35.1 Å². The lowest BCUT2D eigenvalue weighted by molar-refractivity contribution is 0.379. The molecular formula is C21H12BF9O. The molecule has 0 fully saturated rings. The molecule has 1 nitrogen and oxygen atoms in total. The van der Waals surface area contributed by atoms with Crippen molar-refractivity contribution in [3.8, 4) is 5.75 Å². The SMILES string of the molecule is COc1cc(F)c(F)c(B(c2c(F)cc(F)c(F)c2C)c2c(F)cc(F)c(F)c2C)c1F. The number of rotatable bonds is 4. The first-order valence-corrected chi connectivity index (χ1v) is 8.91. The zero-order chi connectivity index (χ0) is 24.1. The molecule has 168 valence electrons. The Morgan fingerprint density at radius 1 is 0.531 bits per heavy atom. The molecule has 32 heavy (non-hydrogen) atoms. The Morgan fingerprint density at radius 3 is 1.34 bits per heavy atom. The molecule has 0 bridgehead atoms. The van der Waals surface area contributed by atoms with Crippen LogP contribution in [0.1, 0.15) is 11.1 Å². The Bertz CT molecular complexity index is 1180. The summed E-state index contributed by atoms with van der Waals surface area (Å²) >= 11 is 0. The van der Waals surface area contributed by atoms with Crippen LogP contribution in [0.15, 0.2) is 18.2 Å². The molecule has 0 unspecified atom stereocenters. The number of halogens is 9. The van der Waals surface area contributed by atoms with Gasteiger partial charge in [-0.15, -0.1) is 0 Å². The maximum Gasteiger partial charge on any atom is 0.257 e. The minimum Gasteiger partial charge on any atom is -0.494 e. The second-order valence-corrected chi connectivity index (χ2v) is 6.92. The van der Waals surface area contributed by atoms with Crippen LogP contribution in [-0.2, 0) is 0 Å². The fraction of sp³-hybridized carbons (Fsp3) is 0.143. The van der Waals surface area contributed by atoms with E-state index in [2.05, 4.69) is 4.74 Å². The first kappa shape index (κ1) is 23.6. The van der Waals surface area contributed by atoms with Gasteiger partial charge in [0, 0.05) is 23.7 Å². The predicted octanol–water partition coefficient (Wildman–Crippen LogP) is 4.08. The summed E-state index contributed by atoms with van der Waals surface area (Å²) < 4.78 is 134. The summed E-state index contributed by atoms with van der Waals surface area (Å²) in [5.74, 6) is -16.0. The third-order valence-corrected chi connectivity index (χ3v) is 5.15. The van der Waals surface area contributed by atoms with Crippen LogP contribution < -0.4 is 21.1 Å². The molecule has 0 spiro atoms. The average Bonchev–Trinajstić information content (AvgIpc) is 2.72. The Kier molecular flexibility index (Phi) is 6.21. The fourth-order valence-corrected chi connectivity index (χ4v) is 3.60. The number of ether oxygens (including phenoxy) is 1. The second-order valence-electron chi connectivity index (χ2n) is 6.92. The van der Waals surface area contributed by atoms with Crippen LogP contribution in [0.5, 0.6) is 5.75 Å². The van der Waals surface area contributed by atoms with Crippen molar-refractivity contribution in [2.45, 2.75) is 13.8 Å². The number of hydrogen-bond acceptors (Lipinski definition) is 1. The highest BCUT2D eigenvalue weighted by molar-refractivity contribution is 6.96. The van der Waals surface area contributed by atoms with E-state index in [0.717, 1.165) is 21.0 Å². The van der Waals surface area contributed by atoms with E-state index in [1.165, 1.54) is 0 Å². The van der Waals surface area contributed by atoms with Crippen molar-refractivity contribution in [2.75, 3.05) is 7.11 Å². The zero-order valence-electron chi connectivity index (χ0n) is 16.6. The highest BCUT2D eigenvalue weighted by atomic mass is 19.2. The van der Waals surface area contributed by atoms with Gasteiger partial charge < -0.3 is 4.74 Å². The van der Waals surface area contributed by atoms with E-state index in [0.29, 0.717) is 6.07 Å². The molecule has 3 aromatic carbocycles. The Labute approximate surface area is 176 Å². The molecule has 0 radical (unpaired) electrons. The van der Waals surface area contributed by atoms with E-state index in [1.807, 2.05) is 0 Å². The molecule has 0 amide bonds. The predicted molar refractivity (Wildman–Crippen MR) is 99.6 cm³/mol. The minimum absolute atomic E-state index is 0.0319. The molecule has 0 aliphatic rings. The van der Waals surface area contributed by atoms with Crippen molar-refractivity contribution in [1.29, 1.82) is 0 Å². The van der Waals surface area contributed by atoms with Crippen molar-refractivity contribution >= 4 is 23.1 Å². The first-order valence-electron chi connectivity index (χ1n) is 8.91. The smallest absolute Gasteiger partial charge is 0.257 e. The molecule has 0 N–H and O–H groups in total. The fourth-order valence-electron chi connectivity index (χ4n) is 3.60. The summed E-state index contributed by atoms with van der Waals surface area (Å²) in [5.41, 5.74) is -5.09. The van der Waals surface area contributed by atoms with E-state index < -0.39 is 92.3 Å². The summed E-state index contributed by atoms with van der Waals surface area (Å²) in [4.78, 5) is 0. The second kappa shape index (κ2) is 8.44. The molecule has 0 aromatic heterocycles. The van der Waals surface area contributed by atoms with Crippen LogP contribution in [0.4, 0.5) is 39.5 Å². The topological polar surface area (TPSA) is 9.23 Å². The van der Waals surface area contributed by atoms with Gasteiger partial charge in [-0.3, -0.25) is 0 Å². The molecule has 0 atom stereocenters. The molecule has 3 aromatic rings. The molecule has 0 aliphatic heterocycles. The molecule has 0 saturated heterocycles. The van der Waals surface area contributed by atoms with E-state index in [-0.39, 0.29) is 12.1 Å². The van der Waals surface area contributed by atoms with Crippen molar-refractivity contribution in [3.05, 3.63) is 81.7 Å². The average molecular weight is 462 g/mol. The third kappa shape index (κ3) is 3.59. The van der Waals surface area contributed by atoms with Crippen LogP contribution in [0, 0.1) is 66.2 Å². The van der Waals surface area contributed by atoms with Crippen LogP contribution in [0.25, 0.3) is 0 Å². The van der Waals surface area contributed by atoms with Crippen LogP contribution in [0.3, 0.4) is 0 Å². The monoisotopic (exact) mass is 462 g/mol. The summed E-state index contributed by atoms with van der Waals surface area (Å²) in [5, 5.41) is 0. The number of methoxy groups -OCH3 is 1. The van der Waals surface area contributed by atoms with Gasteiger partial charge in [-0.1, -0.05) is 0 Å². The van der Waals surface area contributed by atoms with Crippen molar-refractivity contribution in [1.82, 2.24) is 0 Å². The summed E-state index contributed by atoms with van der Waals surface area (Å²) in [6.07, 6.45) is 0. The summed E-state index contributed by atoms with van der Waals surface area (Å²) in [6, 6.07) is 0.377. The molecule has 0 heterocycles. The Morgan fingerprint density at radius 2 is 0.938 bits per heavy atom. The number of benzene rings is 3. The van der Waals surface area contributed by atoms with Gasteiger partial charge in [-0.05, 0) is 35.9 Å². The van der Waals surface area contributed by atoms with Crippen molar-refractivity contribution < 1.29 is 44.3 Å². The van der Waals surface area contributed by atoms with Crippen molar-refractivity contribution in [2.24, 2.45) is 0 Å². The van der Waals surface area contributed by atoms with E-state index in [4.69, 9.17) is 0 Å². The Hall–Kier alpha value is -3.11. The molecular weight excluding hydrogens is 450 g/mol. The van der Waals surface area contributed by atoms with Crippen LogP contribution in [0.2, 0.25) is 0 Å². The van der Waals surface area contributed by atoms with Gasteiger partial charge >= 0.3 is 0 Å². The molecule has 0 saturated carbocycles. The summed E-state index contributed by atoms with van der Waals surface area (Å²) in [6.45, 7) is -0.739. The van der Waals surface area contributed by atoms with Gasteiger partial charge in [-0.25, -0.2) is 39.5 Å². The van der Waals surface area contributed by atoms with E-state index >= 15 is 4.39 Å². The van der Waals surface area contributed by atoms with Crippen molar-refractivity contribution in [3.63, 3.8) is 0 Å². The highest BCUT2D eigenvalue weighted by Crippen LogP contribution is 2.23. The normalized spacial score (nSPS) is 11.1. The lowest BCUT2D eigenvalue weighted by atomic mass is 9.35. The molecule has 11 heteroatoms. The van der Waals surface area contributed by atoms with Gasteiger partial charge in [0.15, 0.2) is 46.5 Å². The summed E-state index contributed by atoms with van der Waals surface area (Å²) in [7, 11) is 0.890. The Balaban J connectivity index is 2.58. The lowest BCUT2D eigenvalue weighted by Gasteiger charge is -2.23. The van der Waals surface area contributed by atoms with Gasteiger partial charge in [0.25, 0.3) is 6.71 Å². The van der Waals surface area contributed by atoms with E-state index in [1.54, 1.807) is 0 Å². The van der Waals surface area contributed by atoms with Crippen LogP contribution >= 0.6 is 0 Å². The van der Waals surface area contributed by atoms with Gasteiger partial charge in [0.1, 0.15) is 11.6 Å². The maximum absolute atomic E-state index is 15.1. The highest BCUT2D eigenvalue weighted by Gasteiger charge is 2.39. The molecule has 0 aliphatic carbocycles. The zero-order valence-corrected chi connectivity index (χ0v) is 16.6. The molecule has 3 rings (SSSR count).